The van der Waals surface area contributed by atoms with E-state index in [1.165, 1.54) is 0 Å². The van der Waals surface area contributed by atoms with Gasteiger partial charge in [-0.3, -0.25) is 0 Å². The molecule has 0 atom stereocenters. The number of nitrogens with two attached hydrogens (primary N) is 3. The van der Waals surface area contributed by atoms with Gasteiger partial charge in [0.15, 0.2) is 0 Å². The molecule has 0 aromatic carbocycles. The van der Waals surface area contributed by atoms with E-state index in [4.69, 9.17) is 30.5 Å². The van der Waals surface area contributed by atoms with E-state index >= 15 is 0 Å². The second kappa shape index (κ2) is 7.50. The van der Waals surface area contributed by atoms with Crippen molar-refractivity contribution in [3.05, 3.63) is 11.5 Å². The second-order valence-electron chi connectivity index (χ2n) is 3.14. The maximum Gasteiger partial charge on any atom is 0.507 e. The van der Waals surface area contributed by atoms with Crippen LogP contribution in [0.15, 0.2) is 11.5 Å². The predicted molar refractivity (Wildman–Crippen MR) is 65.0 cm³/mol. The highest BCUT2D eigenvalue weighted by molar-refractivity contribution is 6.61. The first-order valence-electron chi connectivity index (χ1n) is 5.42. The lowest BCUT2D eigenvalue weighted by atomic mass is 10.5. The molecule has 0 spiro atoms. The standard InChI is InChI=1S/C9H23N3O3Si/c1-4-13-16(14-5-2,15-6-3)7-8(10)9(11)12/h4-7,10-12H2,1-3H3. The van der Waals surface area contributed by atoms with Gasteiger partial charge in [-0.05, 0) is 20.8 Å². The lowest BCUT2D eigenvalue weighted by molar-refractivity contribution is 0.0734. The highest BCUT2D eigenvalue weighted by Crippen LogP contribution is 2.19. The molecule has 0 saturated heterocycles. The quantitative estimate of drug-likeness (QED) is 0.526. The Morgan fingerprint density at radius 3 is 1.50 bits per heavy atom. The van der Waals surface area contributed by atoms with E-state index in [9.17, 15) is 0 Å². The molecule has 0 aromatic rings. The summed E-state index contributed by atoms with van der Waals surface area (Å²) in [6.07, 6.45) is 0. The van der Waals surface area contributed by atoms with Crippen LogP contribution in [0.4, 0.5) is 0 Å². The zero-order valence-corrected chi connectivity index (χ0v) is 11.3. The molecule has 0 aliphatic heterocycles. The first-order valence-corrected chi connectivity index (χ1v) is 7.35. The van der Waals surface area contributed by atoms with Crippen LogP contribution in [0.1, 0.15) is 20.8 Å². The zero-order valence-electron chi connectivity index (χ0n) is 10.3. The van der Waals surface area contributed by atoms with Gasteiger partial charge in [0.1, 0.15) is 5.82 Å². The van der Waals surface area contributed by atoms with Crippen LogP contribution in [0.25, 0.3) is 0 Å². The average Bonchev–Trinajstić information content (AvgIpc) is 2.18. The molecule has 16 heavy (non-hydrogen) atoms. The van der Waals surface area contributed by atoms with Crippen LogP contribution in [0, 0.1) is 0 Å². The lowest BCUT2D eigenvalue weighted by Gasteiger charge is -2.28. The molecule has 0 aromatic heterocycles. The monoisotopic (exact) mass is 249 g/mol. The SMILES string of the molecule is CCO[Si](CC(N)=C(N)N)(OCC)OCC. The Labute approximate surface area is 98.1 Å². The minimum absolute atomic E-state index is 0.0935. The number of rotatable bonds is 8. The van der Waals surface area contributed by atoms with Crippen molar-refractivity contribution >= 4 is 8.80 Å². The van der Waals surface area contributed by atoms with Gasteiger partial charge in [0, 0.05) is 19.8 Å². The van der Waals surface area contributed by atoms with Crippen LogP contribution in [-0.2, 0) is 13.3 Å². The Morgan fingerprint density at radius 1 is 0.875 bits per heavy atom. The van der Waals surface area contributed by atoms with Gasteiger partial charge in [0.05, 0.1) is 11.7 Å². The fraction of sp³-hybridized carbons (Fsp3) is 0.778. The normalized spacial score (nSPS) is 11.4. The minimum atomic E-state index is -2.76. The molecule has 0 radical (unpaired) electrons. The first-order chi connectivity index (χ1) is 7.51. The Morgan fingerprint density at radius 2 is 1.25 bits per heavy atom. The summed E-state index contributed by atoms with van der Waals surface area (Å²) in [5.74, 6) is 0.0935. The lowest BCUT2D eigenvalue weighted by Crippen LogP contribution is -2.47. The smallest absolute Gasteiger partial charge is 0.399 e. The predicted octanol–water partition coefficient (Wildman–Crippen LogP) is 0.0800. The van der Waals surface area contributed by atoms with Gasteiger partial charge in [-0.25, -0.2) is 0 Å². The molecule has 6 nitrogen and oxygen atoms in total. The van der Waals surface area contributed by atoms with Gasteiger partial charge in [-0.1, -0.05) is 0 Å². The fourth-order valence-corrected chi connectivity index (χ4v) is 3.82. The molecular weight excluding hydrogens is 226 g/mol. The van der Waals surface area contributed by atoms with E-state index in [1.54, 1.807) is 0 Å². The molecular formula is C9H23N3O3Si. The van der Waals surface area contributed by atoms with E-state index in [2.05, 4.69) is 0 Å². The Hall–Kier alpha value is -0.763. The summed E-state index contributed by atoms with van der Waals surface area (Å²) in [7, 11) is -2.76. The molecule has 0 bridgehead atoms. The Kier molecular flexibility index (Phi) is 7.14. The molecule has 0 rings (SSSR count). The average molecular weight is 249 g/mol. The van der Waals surface area contributed by atoms with Crippen LogP contribution in [-0.4, -0.2) is 28.6 Å². The Balaban J connectivity index is 4.79. The van der Waals surface area contributed by atoms with Crippen molar-refractivity contribution in [3.63, 3.8) is 0 Å². The maximum atomic E-state index is 5.72. The van der Waals surface area contributed by atoms with Crippen LogP contribution in [0.3, 0.4) is 0 Å². The highest BCUT2D eigenvalue weighted by Gasteiger charge is 2.41. The summed E-state index contributed by atoms with van der Waals surface area (Å²) in [5, 5.41) is 0. The summed E-state index contributed by atoms with van der Waals surface area (Å²) < 4.78 is 16.8. The summed E-state index contributed by atoms with van der Waals surface area (Å²) in [4.78, 5) is 0. The fourth-order valence-electron chi connectivity index (χ4n) is 1.27. The van der Waals surface area contributed by atoms with Crippen molar-refractivity contribution < 1.29 is 13.3 Å². The van der Waals surface area contributed by atoms with Crippen molar-refractivity contribution in [3.8, 4) is 0 Å². The largest absolute Gasteiger partial charge is 0.507 e. The number of allylic oxidation sites excluding steroid dienone is 1. The summed E-state index contributed by atoms with van der Waals surface area (Å²) in [6.45, 7) is 7.15. The van der Waals surface area contributed by atoms with Crippen molar-refractivity contribution in [2.45, 2.75) is 26.8 Å². The van der Waals surface area contributed by atoms with Gasteiger partial charge in [0.2, 0.25) is 0 Å². The van der Waals surface area contributed by atoms with Crippen LogP contribution in [0.5, 0.6) is 0 Å². The number of hydrogen-bond acceptors (Lipinski definition) is 6. The maximum absolute atomic E-state index is 5.72. The molecule has 0 unspecified atom stereocenters. The van der Waals surface area contributed by atoms with E-state index in [1.807, 2.05) is 20.8 Å². The van der Waals surface area contributed by atoms with Gasteiger partial charge in [-0.15, -0.1) is 0 Å². The third kappa shape index (κ3) is 4.84. The summed E-state index contributed by atoms with van der Waals surface area (Å²) in [6, 6.07) is 0.324. The van der Waals surface area contributed by atoms with Gasteiger partial charge in [-0.2, -0.15) is 0 Å². The van der Waals surface area contributed by atoms with Crippen LogP contribution < -0.4 is 17.2 Å². The van der Waals surface area contributed by atoms with Crippen molar-refractivity contribution in [2.75, 3.05) is 19.8 Å². The molecule has 0 heterocycles. The molecule has 0 amide bonds. The minimum Gasteiger partial charge on any atom is -0.399 e. The van der Waals surface area contributed by atoms with Crippen molar-refractivity contribution in [2.24, 2.45) is 17.2 Å². The van der Waals surface area contributed by atoms with Gasteiger partial charge >= 0.3 is 8.80 Å². The third-order valence-corrected chi connectivity index (χ3v) is 4.87. The number of hydrogen-bond donors (Lipinski definition) is 3. The summed E-state index contributed by atoms with van der Waals surface area (Å²) >= 11 is 0. The third-order valence-electron chi connectivity index (χ3n) is 1.87. The highest BCUT2D eigenvalue weighted by atomic mass is 28.4. The van der Waals surface area contributed by atoms with E-state index in [-0.39, 0.29) is 5.82 Å². The molecule has 0 fully saturated rings. The van der Waals surface area contributed by atoms with Crippen LogP contribution >= 0.6 is 0 Å². The second-order valence-corrected chi connectivity index (χ2v) is 5.73. The molecule has 0 aliphatic carbocycles. The van der Waals surface area contributed by atoms with Crippen molar-refractivity contribution in [1.82, 2.24) is 0 Å². The van der Waals surface area contributed by atoms with Crippen LogP contribution in [0.2, 0.25) is 6.04 Å². The van der Waals surface area contributed by atoms with E-state index < -0.39 is 8.80 Å². The summed E-state index contributed by atoms with van der Waals surface area (Å²) in [5.41, 5.74) is 16.9. The molecule has 7 heteroatoms. The Bertz CT molecular complexity index is 215. The topological polar surface area (TPSA) is 106 Å². The van der Waals surface area contributed by atoms with E-state index in [0.29, 0.717) is 31.6 Å². The molecule has 0 saturated carbocycles. The van der Waals surface area contributed by atoms with Gasteiger partial charge in [0.25, 0.3) is 0 Å². The molecule has 6 N–H and O–H groups in total. The molecule has 0 aliphatic rings. The van der Waals surface area contributed by atoms with Crippen molar-refractivity contribution in [1.29, 1.82) is 0 Å². The first kappa shape index (κ1) is 15.2. The van der Waals surface area contributed by atoms with E-state index in [0.717, 1.165) is 0 Å². The van der Waals surface area contributed by atoms with Gasteiger partial charge < -0.3 is 30.5 Å². The molecule has 96 valence electrons. The zero-order chi connectivity index (χ0) is 12.6.